The average Bonchev–Trinajstić information content (AvgIpc) is 3.01. The van der Waals surface area contributed by atoms with Crippen LogP contribution in [-0.4, -0.2) is 4.57 Å². The molecular formula is C25H21N. The molecule has 0 saturated heterocycles. The standard InChI is InChI=1S/C25H21N/c1-17(2)26-24-13-6-5-11-22(24)23-16-19(14-15-25(23)26)21-12-7-9-18-8-3-4-10-20(18)21/h3-17H,1-2H3. The molecule has 0 unspecified atom stereocenters. The third kappa shape index (κ3) is 2.17. The van der Waals surface area contributed by atoms with E-state index in [1.54, 1.807) is 0 Å². The molecule has 0 saturated carbocycles. The lowest BCUT2D eigenvalue weighted by Crippen LogP contribution is -1.99. The predicted octanol–water partition coefficient (Wildman–Crippen LogP) is 7.20. The fourth-order valence-electron chi connectivity index (χ4n) is 4.20. The largest absolute Gasteiger partial charge is 0.338 e. The Labute approximate surface area is 153 Å². The van der Waals surface area contributed by atoms with Gasteiger partial charge in [0.15, 0.2) is 0 Å². The lowest BCUT2D eigenvalue weighted by Gasteiger charge is -2.12. The summed E-state index contributed by atoms with van der Waals surface area (Å²) in [5, 5.41) is 5.26. The second kappa shape index (κ2) is 5.74. The van der Waals surface area contributed by atoms with Gasteiger partial charge in [0.05, 0.1) is 0 Å². The zero-order chi connectivity index (χ0) is 17.7. The van der Waals surface area contributed by atoms with Crippen molar-refractivity contribution in [2.24, 2.45) is 0 Å². The third-order valence-corrected chi connectivity index (χ3v) is 5.33. The molecule has 4 aromatic carbocycles. The summed E-state index contributed by atoms with van der Waals surface area (Å²) < 4.78 is 2.44. The van der Waals surface area contributed by atoms with E-state index in [4.69, 9.17) is 0 Å². The van der Waals surface area contributed by atoms with Gasteiger partial charge in [-0.15, -0.1) is 0 Å². The molecule has 1 aromatic heterocycles. The van der Waals surface area contributed by atoms with E-state index in [0.29, 0.717) is 6.04 Å². The van der Waals surface area contributed by atoms with Crippen molar-refractivity contribution in [3.63, 3.8) is 0 Å². The monoisotopic (exact) mass is 335 g/mol. The van der Waals surface area contributed by atoms with Crippen molar-refractivity contribution in [2.75, 3.05) is 0 Å². The molecule has 0 N–H and O–H groups in total. The van der Waals surface area contributed by atoms with E-state index in [1.165, 1.54) is 43.7 Å². The second-order valence-electron chi connectivity index (χ2n) is 7.24. The quantitative estimate of drug-likeness (QED) is 0.321. The highest BCUT2D eigenvalue weighted by Gasteiger charge is 2.13. The molecule has 0 aliphatic heterocycles. The van der Waals surface area contributed by atoms with Gasteiger partial charge in [-0.2, -0.15) is 0 Å². The van der Waals surface area contributed by atoms with E-state index in [2.05, 4.69) is 103 Å². The highest BCUT2D eigenvalue weighted by Crippen LogP contribution is 2.36. The Morgan fingerprint density at radius 1 is 0.615 bits per heavy atom. The molecule has 0 atom stereocenters. The Morgan fingerprint density at radius 2 is 1.31 bits per heavy atom. The molecule has 1 heteroatoms. The fourth-order valence-corrected chi connectivity index (χ4v) is 4.20. The van der Waals surface area contributed by atoms with Gasteiger partial charge in [-0.05, 0) is 53.9 Å². The van der Waals surface area contributed by atoms with Crippen molar-refractivity contribution >= 4 is 32.6 Å². The van der Waals surface area contributed by atoms with E-state index in [9.17, 15) is 0 Å². The maximum atomic E-state index is 2.44. The van der Waals surface area contributed by atoms with Gasteiger partial charge in [-0.3, -0.25) is 0 Å². The summed E-state index contributed by atoms with van der Waals surface area (Å²) in [6, 6.07) is 31.3. The molecule has 0 aliphatic rings. The summed E-state index contributed by atoms with van der Waals surface area (Å²) in [7, 11) is 0. The zero-order valence-electron chi connectivity index (χ0n) is 15.1. The fraction of sp³-hybridized carbons (Fsp3) is 0.120. The van der Waals surface area contributed by atoms with Gasteiger partial charge in [-0.1, -0.05) is 66.7 Å². The highest BCUT2D eigenvalue weighted by molar-refractivity contribution is 6.10. The van der Waals surface area contributed by atoms with Crippen LogP contribution in [0.15, 0.2) is 84.9 Å². The molecule has 5 rings (SSSR count). The van der Waals surface area contributed by atoms with Crippen LogP contribution < -0.4 is 0 Å². The van der Waals surface area contributed by atoms with Crippen LogP contribution >= 0.6 is 0 Å². The Bertz CT molecular complexity index is 1250. The summed E-state index contributed by atoms with van der Waals surface area (Å²) in [5.41, 5.74) is 5.20. The van der Waals surface area contributed by atoms with Crippen LogP contribution in [0, 0.1) is 0 Å². The zero-order valence-corrected chi connectivity index (χ0v) is 15.1. The Kier molecular flexibility index (Phi) is 3.36. The van der Waals surface area contributed by atoms with Crippen LogP contribution in [-0.2, 0) is 0 Å². The molecule has 0 radical (unpaired) electrons. The SMILES string of the molecule is CC(C)n1c2ccccc2c2cc(-c3cccc4ccccc34)ccc21. The summed E-state index contributed by atoms with van der Waals surface area (Å²) in [4.78, 5) is 0. The van der Waals surface area contributed by atoms with Crippen molar-refractivity contribution < 1.29 is 0 Å². The normalized spacial score (nSPS) is 11.8. The van der Waals surface area contributed by atoms with Crippen LogP contribution in [0.4, 0.5) is 0 Å². The van der Waals surface area contributed by atoms with Crippen LogP contribution in [0.1, 0.15) is 19.9 Å². The van der Waals surface area contributed by atoms with Gasteiger partial charge in [0, 0.05) is 27.8 Å². The van der Waals surface area contributed by atoms with Crippen LogP contribution in [0.5, 0.6) is 0 Å². The topological polar surface area (TPSA) is 4.93 Å². The maximum absolute atomic E-state index is 2.44. The minimum absolute atomic E-state index is 0.431. The molecule has 1 nitrogen and oxygen atoms in total. The number of hydrogen-bond acceptors (Lipinski definition) is 0. The van der Waals surface area contributed by atoms with Gasteiger partial charge >= 0.3 is 0 Å². The summed E-state index contributed by atoms with van der Waals surface area (Å²) in [6.45, 7) is 4.51. The van der Waals surface area contributed by atoms with E-state index in [0.717, 1.165) is 0 Å². The minimum atomic E-state index is 0.431. The first kappa shape index (κ1) is 15.2. The third-order valence-electron chi connectivity index (χ3n) is 5.33. The summed E-state index contributed by atoms with van der Waals surface area (Å²) in [5.74, 6) is 0. The van der Waals surface area contributed by atoms with Crippen molar-refractivity contribution in [1.82, 2.24) is 4.57 Å². The predicted molar refractivity (Wildman–Crippen MR) is 113 cm³/mol. The summed E-state index contributed by atoms with van der Waals surface area (Å²) >= 11 is 0. The average molecular weight is 335 g/mol. The molecule has 0 bridgehead atoms. The van der Waals surface area contributed by atoms with Crippen molar-refractivity contribution in [3.8, 4) is 11.1 Å². The van der Waals surface area contributed by atoms with E-state index in [1.807, 2.05) is 0 Å². The first-order valence-corrected chi connectivity index (χ1v) is 9.25. The lowest BCUT2D eigenvalue weighted by molar-refractivity contribution is 0.642. The van der Waals surface area contributed by atoms with Crippen molar-refractivity contribution in [1.29, 1.82) is 0 Å². The molecule has 0 spiro atoms. The first-order valence-electron chi connectivity index (χ1n) is 9.25. The molecule has 26 heavy (non-hydrogen) atoms. The van der Waals surface area contributed by atoms with Gasteiger partial charge in [0.2, 0.25) is 0 Å². The molecule has 0 amide bonds. The molecule has 0 fully saturated rings. The van der Waals surface area contributed by atoms with Crippen LogP contribution in [0.2, 0.25) is 0 Å². The Hall–Kier alpha value is -3.06. The molecule has 0 aliphatic carbocycles. The smallest absolute Gasteiger partial charge is 0.0494 e. The number of fused-ring (bicyclic) bond motifs is 4. The molecular weight excluding hydrogens is 314 g/mol. The number of rotatable bonds is 2. The summed E-state index contributed by atoms with van der Waals surface area (Å²) in [6.07, 6.45) is 0. The number of nitrogens with zero attached hydrogens (tertiary/aromatic N) is 1. The van der Waals surface area contributed by atoms with Crippen LogP contribution in [0.3, 0.4) is 0 Å². The maximum Gasteiger partial charge on any atom is 0.0494 e. The lowest BCUT2D eigenvalue weighted by atomic mass is 9.97. The number of hydrogen-bond donors (Lipinski definition) is 0. The van der Waals surface area contributed by atoms with Gasteiger partial charge in [0.1, 0.15) is 0 Å². The van der Waals surface area contributed by atoms with E-state index in [-0.39, 0.29) is 0 Å². The molecule has 5 aromatic rings. The van der Waals surface area contributed by atoms with Gasteiger partial charge in [0.25, 0.3) is 0 Å². The van der Waals surface area contributed by atoms with Crippen molar-refractivity contribution in [3.05, 3.63) is 84.9 Å². The number of aromatic nitrogens is 1. The van der Waals surface area contributed by atoms with E-state index < -0.39 is 0 Å². The minimum Gasteiger partial charge on any atom is -0.338 e. The number of para-hydroxylation sites is 1. The van der Waals surface area contributed by atoms with E-state index >= 15 is 0 Å². The second-order valence-corrected chi connectivity index (χ2v) is 7.24. The first-order chi connectivity index (χ1) is 12.7. The highest BCUT2D eigenvalue weighted by atomic mass is 15.0. The molecule has 1 heterocycles. The van der Waals surface area contributed by atoms with Crippen LogP contribution in [0.25, 0.3) is 43.7 Å². The molecule has 126 valence electrons. The van der Waals surface area contributed by atoms with Crippen molar-refractivity contribution in [2.45, 2.75) is 19.9 Å². The van der Waals surface area contributed by atoms with Gasteiger partial charge < -0.3 is 4.57 Å². The Morgan fingerprint density at radius 3 is 2.15 bits per heavy atom. The Balaban J connectivity index is 1.85. The number of benzene rings is 4. The van der Waals surface area contributed by atoms with Gasteiger partial charge in [-0.25, -0.2) is 0 Å².